The molecule has 0 amide bonds. The maximum atomic E-state index is 6.21. The van der Waals surface area contributed by atoms with E-state index in [1.807, 2.05) is 47.9 Å². The van der Waals surface area contributed by atoms with Gasteiger partial charge >= 0.3 is 0 Å². The van der Waals surface area contributed by atoms with Gasteiger partial charge in [-0.1, -0.05) is 29.3 Å². The first-order valence-corrected chi connectivity index (χ1v) is 7.39. The normalized spacial score (nSPS) is 11.2. The van der Waals surface area contributed by atoms with Gasteiger partial charge in [-0.05, 0) is 42.8 Å². The molecule has 0 aliphatic heterocycles. The fraction of sp³-hybridized carbons (Fsp3) is 0.133. The van der Waals surface area contributed by atoms with Crippen LogP contribution in [0.5, 0.6) is 0 Å². The number of aromatic nitrogens is 2. The Kier molecular flexibility index (Phi) is 3.63. The zero-order chi connectivity index (χ0) is 14.3. The molecule has 0 bridgehead atoms. The van der Waals surface area contributed by atoms with E-state index in [-0.39, 0.29) is 0 Å². The Bertz CT molecular complexity index is 793. The van der Waals surface area contributed by atoms with Gasteiger partial charge in [-0.2, -0.15) is 0 Å². The van der Waals surface area contributed by atoms with E-state index in [1.54, 1.807) is 0 Å². The second-order valence-electron chi connectivity index (χ2n) is 4.51. The Hall–Kier alpha value is -1.22. The highest BCUT2D eigenvalue weighted by Gasteiger charge is 2.14. The van der Waals surface area contributed by atoms with Crippen LogP contribution in [-0.4, -0.2) is 9.55 Å². The lowest BCUT2D eigenvalue weighted by molar-refractivity contribution is 0.972. The first-order chi connectivity index (χ1) is 9.61. The summed E-state index contributed by atoms with van der Waals surface area (Å²) in [7, 11) is 0. The Morgan fingerprint density at radius 3 is 2.70 bits per heavy atom. The highest BCUT2D eigenvalue weighted by atomic mass is 35.5. The van der Waals surface area contributed by atoms with Crippen LogP contribution < -0.4 is 0 Å². The number of benzene rings is 2. The van der Waals surface area contributed by atoms with Crippen LogP contribution in [0.4, 0.5) is 0 Å². The topological polar surface area (TPSA) is 17.8 Å². The van der Waals surface area contributed by atoms with E-state index in [1.165, 1.54) is 0 Å². The van der Waals surface area contributed by atoms with E-state index >= 15 is 0 Å². The maximum Gasteiger partial charge on any atom is 0.129 e. The summed E-state index contributed by atoms with van der Waals surface area (Å²) in [6.45, 7) is 1.98. The van der Waals surface area contributed by atoms with Gasteiger partial charge in [0.05, 0.1) is 22.6 Å². The van der Waals surface area contributed by atoms with Crippen molar-refractivity contribution in [2.75, 3.05) is 0 Å². The predicted molar refractivity (Wildman–Crippen MR) is 85.4 cm³/mol. The van der Waals surface area contributed by atoms with Crippen molar-refractivity contribution in [1.29, 1.82) is 0 Å². The fourth-order valence-electron chi connectivity index (χ4n) is 2.30. The van der Waals surface area contributed by atoms with E-state index in [4.69, 9.17) is 34.8 Å². The molecule has 0 radical (unpaired) electrons. The van der Waals surface area contributed by atoms with Crippen molar-refractivity contribution in [3.8, 4) is 5.69 Å². The Balaban J connectivity index is 2.37. The lowest BCUT2D eigenvalue weighted by Gasteiger charge is -2.12. The average molecular weight is 326 g/mol. The van der Waals surface area contributed by atoms with Crippen molar-refractivity contribution in [2.45, 2.75) is 12.8 Å². The van der Waals surface area contributed by atoms with Crippen LogP contribution in [0.3, 0.4) is 0 Å². The highest BCUT2D eigenvalue weighted by molar-refractivity contribution is 6.31. The van der Waals surface area contributed by atoms with Crippen molar-refractivity contribution in [3.63, 3.8) is 0 Å². The molecular weight excluding hydrogens is 315 g/mol. The summed E-state index contributed by atoms with van der Waals surface area (Å²) in [4.78, 5) is 4.54. The predicted octanol–water partition coefficient (Wildman–Crippen LogP) is 5.38. The van der Waals surface area contributed by atoms with Gasteiger partial charge in [0, 0.05) is 10.0 Å². The molecule has 3 aromatic rings. The van der Waals surface area contributed by atoms with Gasteiger partial charge in [0.2, 0.25) is 0 Å². The minimum Gasteiger partial charge on any atom is -0.295 e. The molecular formula is C15H11Cl3N2. The van der Waals surface area contributed by atoms with Gasteiger partial charge in [-0.15, -0.1) is 11.6 Å². The first-order valence-electron chi connectivity index (χ1n) is 6.10. The van der Waals surface area contributed by atoms with Crippen molar-refractivity contribution in [2.24, 2.45) is 0 Å². The zero-order valence-corrected chi connectivity index (χ0v) is 13.0. The van der Waals surface area contributed by atoms with Crippen LogP contribution in [0.2, 0.25) is 10.0 Å². The van der Waals surface area contributed by atoms with E-state index in [2.05, 4.69) is 4.98 Å². The van der Waals surface area contributed by atoms with Gasteiger partial charge in [-0.3, -0.25) is 4.57 Å². The Morgan fingerprint density at radius 1 is 1.15 bits per heavy atom. The molecule has 1 heterocycles. The number of hydrogen-bond donors (Lipinski definition) is 0. The maximum absolute atomic E-state index is 6.21. The molecule has 0 unspecified atom stereocenters. The first kappa shape index (κ1) is 13.7. The summed E-state index contributed by atoms with van der Waals surface area (Å²) in [5.41, 5.74) is 3.77. The van der Waals surface area contributed by atoms with Crippen LogP contribution in [0.25, 0.3) is 16.7 Å². The molecule has 2 nitrogen and oxygen atoms in total. The summed E-state index contributed by atoms with van der Waals surface area (Å²) in [5, 5.41) is 1.38. The van der Waals surface area contributed by atoms with E-state index in [0.29, 0.717) is 10.9 Å². The van der Waals surface area contributed by atoms with Crippen LogP contribution in [-0.2, 0) is 5.88 Å². The number of alkyl halides is 1. The van der Waals surface area contributed by atoms with Crippen LogP contribution in [0.1, 0.15) is 11.4 Å². The van der Waals surface area contributed by atoms with Crippen molar-refractivity contribution < 1.29 is 0 Å². The van der Waals surface area contributed by atoms with Crippen LogP contribution in [0, 0.1) is 6.92 Å². The molecule has 3 rings (SSSR count). The van der Waals surface area contributed by atoms with Gasteiger partial charge in [-0.25, -0.2) is 4.98 Å². The number of hydrogen-bond acceptors (Lipinski definition) is 1. The number of nitrogens with zero attached hydrogens (tertiary/aromatic N) is 2. The summed E-state index contributed by atoms with van der Waals surface area (Å²) in [6.07, 6.45) is 0. The SMILES string of the molecule is Cc1c(Cl)cccc1-n1c(CCl)nc2cc(Cl)ccc21. The second-order valence-corrected chi connectivity index (χ2v) is 5.62. The third-order valence-corrected chi connectivity index (χ3v) is 4.17. The molecule has 0 N–H and O–H groups in total. The van der Waals surface area contributed by atoms with Gasteiger partial charge < -0.3 is 0 Å². The minimum atomic E-state index is 0.318. The molecule has 1 aromatic heterocycles. The summed E-state index contributed by atoms with van der Waals surface area (Å²) >= 11 is 18.3. The molecule has 102 valence electrons. The zero-order valence-electron chi connectivity index (χ0n) is 10.7. The molecule has 0 saturated carbocycles. The van der Waals surface area contributed by atoms with Crippen LogP contribution in [0.15, 0.2) is 36.4 Å². The van der Waals surface area contributed by atoms with Gasteiger partial charge in [0.25, 0.3) is 0 Å². The van der Waals surface area contributed by atoms with Crippen molar-refractivity contribution >= 4 is 45.8 Å². The molecule has 2 aromatic carbocycles. The highest BCUT2D eigenvalue weighted by Crippen LogP contribution is 2.29. The molecule has 0 fully saturated rings. The molecule has 5 heteroatoms. The standard InChI is InChI=1S/C15H11Cl3N2/c1-9-11(18)3-2-4-13(9)20-14-6-5-10(17)7-12(14)19-15(20)8-16/h2-7H,8H2,1H3. The number of fused-ring (bicyclic) bond motifs is 1. The quantitative estimate of drug-likeness (QED) is 0.578. The monoisotopic (exact) mass is 324 g/mol. The summed E-state index contributed by atoms with van der Waals surface area (Å²) < 4.78 is 2.03. The number of halogens is 3. The van der Waals surface area contributed by atoms with Gasteiger partial charge in [0.1, 0.15) is 5.82 Å². The third kappa shape index (κ3) is 2.18. The number of rotatable bonds is 2. The molecule has 0 spiro atoms. The lowest BCUT2D eigenvalue weighted by atomic mass is 10.2. The molecule has 20 heavy (non-hydrogen) atoms. The largest absolute Gasteiger partial charge is 0.295 e. The molecule has 0 saturated heterocycles. The fourth-order valence-corrected chi connectivity index (χ4v) is 2.82. The summed E-state index contributed by atoms with van der Waals surface area (Å²) in [5.74, 6) is 1.09. The van der Waals surface area contributed by atoms with E-state index < -0.39 is 0 Å². The number of imidazole rings is 1. The Morgan fingerprint density at radius 2 is 1.95 bits per heavy atom. The van der Waals surface area contributed by atoms with Crippen molar-refractivity contribution in [1.82, 2.24) is 9.55 Å². The van der Waals surface area contributed by atoms with Crippen LogP contribution >= 0.6 is 34.8 Å². The van der Waals surface area contributed by atoms with Crippen molar-refractivity contribution in [3.05, 3.63) is 57.8 Å². The van der Waals surface area contributed by atoms with E-state index in [0.717, 1.165) is 33.1 Å². The summed E-state index contributed by atoms with van der Waals surface area (Å²) in [6, 6.07) is 11.4. The van der Waals surface area contributed by atoms with Gasteiger partial charge in [0.15, 0.2) is 0 Å². The lowest BCUT2D eigenvalue weighted by Crippen LogP contribution is -2.01. The molecule has 0 atom stereocenters. The second kappa shape index (κ2) is 5.28. The Labute approximate surface area is 131 Å². The average Bonchev–Trinajstić information content (AvgIpc) is 2.79. The minimum absolute atomic E-state index is 0.318. The third-order valence-electron chi connectivity index (χ3n) is 3.29. The molecule has 0 aliphatic rings. The molecule has 0 aliphatic carbocycles. The van der Waals surface area contributed by atoms with E-state index in [9.17, 15) is 0 Å². The smallest absolute Gasteiger partial charge is 0.129 e.